The largest absolute Gasteiger partial charge is 0.493 e. The van der Waals surface area contributed by atoms with E-state index in [1.54, 1.807) is 49.6 Å². The summed E-state index contributed by atoms with van der Waals surface area (Å²) in [5.74, 6) is 0.506. The van der Waals surface area contributed by atoms with Crippen molar-refractivity contribution < 1.29 is 14.3 Å². The van der Waals surface area contributed by atoms with Crippen LogP contribution in [0.15, 0.2) is 48.0 Å². The summed E-state index contributed by atoms with van der Waals surface area (Å²) in [6.45, 7) is 3.95. The number of carbonyl (C=O) groups excluding carboxylic acids is 1. The fraction of sp³-hybridized carbons (Fsp3) is 0.238. The maximum absolute atomic E-state index is 12.5. The number of rotatable bonds is 7. The molecule has 140 valence electrons. The van der Waals surface area contributed by atoms with E-state index in [0.717, 1.165) is 6.42 Å². The van der Waals surface area contributed by atoms with Gasteiger partial charge in [-0.2, -0.15) is 5.26 Å². The Morgan fingerprint density at radius 1 is 1.33 bits per heavy atom. The van der Waals surface area contributed by atoms with Crippen molar-refractivity contribution in [3.05, 3.63) is 58.6 Å². The molecular formula is C21H21ClN2O3. The molecule has 0 aromatic heterocycles. The first-order valence-electron chi connectivity index (χ1n) is 8.50. The minimum Gasteiger partial charge on any atom is -0.493 e. The van der Waals surface area contributed by atoms with Crippen LogP contribution in [0.25, 0.3) is 6.08 Å². The Morgan fingerprint density at radius 2 is 2.07 bits per heavy atom. The molecule has 0 radical (unpaired) electrons. The van der Waals surface area contributed by atoms with Crippen molar-refractivity contribution in [1.82, 2.24) is 0 Å². The van der Waals surface area contributed by atoms with Gasteiger partial charge in [-0.05, 0) is 43.7 Å². The highest BCUT2D eigenvalue weighted by Crippen LogP contribution is 2.34. The number of ether oxygens (including phenoxy) is 2. The molecular weight excluding hydrogens is 364 g/mol. The summed E-state index contributed by atoms with van der Waals surface area (Å²) in [6.07, 6.45) is 2.25. The average Bonchev–Trinajstić information content (AvgIpc) is 2.66. The Bertz CT molecular complexity index is 887. The second kappa shape index (κ2) is 9.65. The Hall–Kier alpha value is -2.97. The lowest BCUT2D eigenvalue weighted by Gasteiger charge is -2.17. The number of amides is 1. The summed E-state index contributed by atoms with van der Waals surface area (Å²) in [7, 11) is 1.54. The van der Waals surface area contributed by atoms with Crippen LogP contribution >= 0.6 is 11.6 Å². The van der Waals surface area contributed by atoms with Gasteiger partial charge in [0.05, 0.1) is 13.2 Å². The first-order valence-corrected chi connectivity index (χ1v) is 8.88. The molecule has 0 saturated carbocycles. The first kappa shape index (κ1) is 20.3. The Morgan fingerprint density at radius 3 is 2.70 bits per heavy atom. The Labute approximate surface area is 164 Å². The van der Waals surface area contributed by atoms with Gasteiger partial charge in [-0.1, -0.05) is 36.7 Å². The SMILES string of the molecule is CC[C@@H](C)Oc1c(/C=C(/C#N)C(=O)Nc2cccc(Cl)c2)cccc1OC. The third kappa shape index (κ3) is 5.50. The molecule has 1 atom stereocenters. The number of anilines is 1. The van der Waals surface area contributed by atoms with Gasteiger partial charge in [0.25, 0.3) is 5.91 Å². The van der Waals surface area contributed by atoms with E-state index in [1.807, 2.05) is 19.9 Å². The number of para-hydroxylation sites is 1. The van der Waals surface area contributed by atoms with Crippen LogP contribution in [0.1, 0.15) is 25.8 Å². The molecule has 0 heterocycles. The van der Waals surface area contributed by atoms with Gasteiger partial charge in [0.1, 0.15) is 11.6 Å². The molecule has 0 spiro atoms. The van der Waals surface area contributed by atoms with E-state index >= 15 is 0 Å². The number of nitrogens with zero attached hydrogens (tertiary/aromatic N) is 1. The molecule has 1 amide bonds. The van der Waals surface area contributed by atoms with Gasteiger partial charge in [-0.3, -0.25) is 4.79 Å². The molecule has 2 rings (SSSR count). The van der Waals surface area contributed by atoms with Gasteiger partial charge in [0, 0.05) is 16.3 Å². The summed E-state index contributed by atoms with van der Waals surface area (Å²) < 4.78 is 11.3. The van der Waals surface area contributed by atoms with Gasteiger partial charge in [-0.15, -0.1) is 0 Å². The second-order valence-corrected chi connectivity index (χ2v) is 6.29. The molecule has 0 aliphatic heterocycles. The molecule has 0 saturated heterocycles. The summed E-state index contributed by atoms with van der Waals surface area (Å²) in [5, 5.41) is 12.6. The number of hydrogen-bond donors (Lipinski definition) is 1. The molecule has 0 fully saturated rings. The third-order valence-electron chi connectivity index (χ3n) is 3.87. The van der Waals surface area contributed by atoms with Gasteiger partial charge >= 0.3 is 0 Å². The standard InChI is InChI=1S/C21H21ClN2O3/c1-4-14(2)27-20-15(7-5-10-19(20)26-3)11-16(13-23)21(25)24-18-9-6-8-17(22)12-18/h5-12,14H,4H2,1-3H3,(H,24,25)/b16-11-/t14-/m1/s1. The first-order chi connectivity index (χ1) is 13.0. The normalized spacial score (nSPS) is 12.0. The fourth-order valence-corrected chi connectivity index (χ4v) is 2.48. The quantitative estimate of drug-likeness (QED) is 0.534. The van der Waals surface area contributed by atoms with E-state index < -0.39 is 5.91 Å². The molecule has 0 aliphatic rings. The predicted octanol–water partition coefficient (Wildman–Crippen LogP) is 5.07. The van der Waals surface area contributed by atoms with Crippen LogP contribution in [0.2, 0.25) is 5.02 Å². The minimum absolute atomic E-state index is 0.0423. The van der Waals surface area contributed by atoms with Crippen LogP contribution in [0.5, 0.6) is 11.5 Å². The van der Waals surface area contributed by atoms with Crippen LogP contribution in [0.3, 0.4) is 0 Å². The van der Waals surface area contributed by atoms with E-state index in [2.05, 4.69) is 5.32 Å². The molecule has 0 unspecified atom stereocenters. The van der Waals surface area contributed by atoms with Gasteiger partial charge in [0.2, 0.25) is 0 Å². The summed E-state index contributed by atoms with van der Waals surface area (Å²) >= 11 is 5.93. The fourth-order valence-electron chi connectivity index (χ4n) is 2.29. The van der Waals surface area contributed by atoms with Crippen LogP contribution in [0, 0.1) is 11.3 Å². The topological polar surface area (TPSA) is 71.3 Å². The molecule has 27 heavy (non-hydrogen) atoms. The zero-order chi connectivity index (χ0) is 19.8. The maximum atomic E-state index is 12.5. The van der Waals surface area contributed by atoms with Crippen molar-refractivity contribution in [2.24, 2.45) is 0 Å². The zero-order valence-electron chi connectivity index (χ0n) is 15.5. The summed E-state index contributed by atoms with van der Waals surface area (Å²) in [5.41, 5.74) is 1.04. The van der Waals surface area contributed by atoms with Crippen LogP contribution < -0.4 is 14.8 Å². The predicted molar refractivity (Wildman–Crippen MR) is 107 cm³/mol. The number of carbonyl (C=O) groups is 1. The second-order valence-electron chi connectivity index (χ2n) is 5.85. The smallest absolute Gasteiger partial charge is 0.266 e. The number of halogens is 1. The summed E-state index contributed by atoms with van der Waals surface area (Å²) in [6, 6.07) is 14.0. The van der Waals surface area contributed by atoms with Crippen molar-refractivity contribution in [2.75, 3.05) is 12.4 Å². The molecule has 1 N–H and O–H groups in total. The van der Waals surface area contributed by atoms with Crippen molar-refractivity contribution in [2.45, 2.75) is 26.4 Å². The number of methoxy groups -OCH3 is 1. The third-order valence-corrected chi connectivity index (χ3v) is 4.11. The van der Waals surface area contributed by atoms with Gasteiger partial charge in [0.15, 0.2) is 11.5 Å². The number of benzene rings is 2. The summed E-state index contributed by atoms with van der Waals surface area (Å²) in [4.78, 5) is 12.5. The van der Waals surface area contributed by atoms with E-state index in [9.17, 15) is 10.1 Å². The molecule has 0 bridgehead atoms. The highest BCUT2D eigenvalue weighted by atomic mass is 35.5. The Balaban J connectivity index is 2.36. The van der Waals surface area contributed by atoms with Crippen molar-refractivity contribution >= 4 is 29.3 Å². The van der Waals surface area contributed by atoms with Crippen molar-refractivity contribution in [3.8, 4) is 17.6 Å². The number of hydrogen-bond acceptors (Lipinski definition) is 4. The lowest BCUT2D eigenvalue weighted by atomic mass is 10.1. The molecule has 6 heteroatoms. The average molecular weight is 385 g/mol. The van der Waals surface area contributed by atoms with E-state index in [4.69, 9.17) is 21.1 Å². The molecule has 2 aromatic rings. The monoisotopic (exact) mass is 384 g/mol. The number of nitriles is 1. The number of nitrogens with one attached hydrogen (secondary N) is 1. The van der Waals surface area contributed by atoms with Gasteiger partial charge < -0.3 is 14.8 Å². The maximum Gasteiger partial charge on any atom is 0.266 e. The van der Waals surface area contributed by atoms with Gasteiger partial charge in [-0.25, -0.2) is 0 Å². The van der Waals surface area contributed by atoms with E-state index in [0.29, 0.717) is 27.8 Å². The van der Waals surface area contributed by atoms with E-state index in [1.165, 1.54) is 6.08 Å². The van der Waals surface area contributed by atoms with Crippen molar-refractivity contribution in [1.29, 1.82) is 5.26 Å². The molecule has 0 aliphatic carbocycles. The van der Waals surface area contributed by atoms with E-state index in [-0.39, 0.29) is 11.7 Å². The minimum atomic E-state index is -0.530. The van der Waals surface area contributed by atoms with Crippen molar-refractivity contribution in [3.63, 3.8) is 0 Å². The molecule has 5 nitrogen and oxygen atoms in total. The highest BCUT2D eigenvalue weighted by molar-refractivity contribution is 6.31. The lowest BCUT2D eigenvalue weighted by Crippen LogP contribution is -2.14. The lowest BCUT2D eigenvalue weighted by molar-refractivity contribution is -0.112. The highest BCUT2D eigenvalue weighted by Gasteiger charge is 2.15. The zero-order valence-corrected chi connectivity index (χ0v) is 16.2. The van der Waals surface area contributed by atoms with Crippen LogP contribution in [0.4, 0.5) is 5.69 Å². The van der Waals surface area contributed by atoms with Crippen LogP contribution in [-0.4, -0.2) is 19.1 Å². The van der Waals surface area contributed by atoms with Crippen LogP contribution in [-0.2, 0) is 4.79 Å². The molecule has 2 aromatic carbocycles. The Kier molecular flexibility index (Phi) is 7.27.